The summed E-state index contributed by atoms with van der Waals surface area (Å²) < 4.78 is 15.5. The molecule has 1 heterocycles. The number of rotatable bonds is 3. The van der Waals surface area contributed by atoms with Gasteiger partial charge >= 0.3 is 5.97 Å². The first-order valence-corrected chi connectivity index (χ1v) is 5.57. The average Bonchev–Trinajstić information content (AvgIpc) is 2.84. The first-order chi connectivity index (χ1) is 8.63. The van der Waals surface area contributed by atoms with Crippen LogP contribution in [0.15, 0.2) is 30.3 Å². The molecule has 3 atom stereocenters. The number of carbonyl (C=O) groups excluding carboxylic acids is 2. The highest BCUT2D eigenvalue weighted by Gasteiger charge is 2.44. The second-order valence-corrected chi connectivity index (χ2v) is 3.99. The van der Waals surface area contributed by atoms with E-state index in [4.69, 9.17) is 9.47 Å². The minimum Gasteiger partial charge on any atom is -0.467 e. The molecule has 0 amide bonds. The molecule has 0 aromatic heterocycles. The molecule has 1 aromatic rings. The number of methoxy groups -OCH3 is 1. The first-order valence-electron chi connectivity index (χ1n) is 5.57. The molecular weight excluding hydrogens is 236 g/mol. The van der Waals surface area contributed by atoms with Crippen molar-refractivity contribution in [1.29, 1.82) is 0 Å². The number of benzene rings is 1. The van der Waals surface area contributed by atoms with Crippen LogP contribution in [0.1, 0.15) is 18.8 Å². The Morgan fingerprint density at radius 1 is 1.11 bits per heavy atom. The van der Waals surface area contributed by atoms with E-state index in [1.807, 2.05) is 30.3 Å². The van der Waals surface area contributed by atoms with Gasteiger partial charge in [-0.3, -0.25) is 4.79 Å². The molecule has 96 valence electrons. The fraction of sp³-hybridized carbons (Fsp3) is 0.385. The molecule has 5 nitrogen and oxygen atoms in total. The van der Waals surface area contributed by atoms with Crippen LogP contribution in [0, 0.1) is 0 Å². The summed E-state index contributed by atoms with van der Waals surface area (Å²) in [6.45, 7) is 1.36. The normalized spacial score (nSPS) is 26.9. The molecule has 1 fully saturated rings. The van der Waals surface area contributed by atoms with Crippen molar-refractivity contribution in [2.24, 2.45) is 0 Å². The van der Waals surface area contributed by atoms with E-state index in [1.165, 1.54) is 14.0 Å². The second-order valence-electron chi connectivity index (χ2n) is 3.99. The highest BCUT2D eigenvalue weighted by Crippen LogP contribution is 2.32. The van der Waals surface area contributed by atoms with Crippen LogP contribution in [0.4, 0.5) is 0 Å². The molecule has 0 N–H and O–H groups in total. The number of hydrogen-bond donors (Lipinski definition) is 0. The van der Waals surface area contributed by atoms with Crippen molar-refractivity contribution in [3.8, 4) is 0 Å². The maximum atomic E-state index is 11.5. The van der Waals surface area contributed by atoms with Gasteiger partial charge in [0.25, 0.3) is 0 Å². The van der Waals surface area contributed by atoms with Crippen molar-refractivity contribution >= 4 is 11.8 Å². The SMILES string of the molecule is COC(=O)C1OC(c2ccccc2)OC1C(C)=O. The minimum absolute atomic E-state index is 0.260. The van der Waals surface area contributed by atoms with E-state index in [2.05, 4.69) is 4.74 Å². The summed E-state index contributed by atoms with van der Waals surface area (Å²) in [5.41, 5.74) is 0.759. The number of hydrogen-bond acceptors (Lipinski definition) is 5. The molecule has 0 radical (unpaired) electrons. The standard InChI is InChI=1S/C13H14O5/c1-8(14)10-11(12(15)16-2)18-13(17-10)9-6-4-3-5-7-9/h3-7,10-11,13H,1-2H3. The maximum absolute atomic E-state index is 11.5. The van der Waals surface area contributed by atoms with Crippen molar-refractivity contribution in [2.75, 3.05) is 7.11 Å². The number of ketones is 1. The topological polar surface area (TPSA) is 61.8 Å². The Balaban J connectivity index is 2.19. The summed E-state index contributed by atoms with van der Waals surface area (Å²) in [5, 5.41) is 0. The number of carbonyl (C=O) groups is 2. The van der Waals surface area contributed by atoms with Gasteiger partial charge in [0.05, 0.1) is 7.11 Å². The van der Waals surface area contributed by atoms with Crippen molar-refractivity contribution in [1.82, 2.24) is 0 Å². The Kier molecular flexibility index (Phi) is 3.74. The van der Waals surface area contributed by atoms with Gasteiger partial charge < -0.3 is 14.2 Å². The fourth-order valence-electron chi connectivity index (χ4n) is 1.81. The molecule has 18 heavy (non-hydrogen) atoms. The van der Waals surface area contributed by atoms with Crippen molar-refractivity contribution in [2.45, 2.75) is 25.4 Å². The van der Waals surface area contributed by atoms with E-state index in [1.54, 1.807) is 0 Å². The highest BCUT2D eigenvalue weighted by atomic mass is 16.7. The molecule has 1 aliphatic heterocycles. The van der Waals surface area contributed by atoms with Gasteiger partial charge in [0.15, 0.2) is 24.3 Å². The molecule has 3 unspecified atom stereocenters. The zero-order valence-corrected chi connectivity index (χ0v) is 10.2. The van der Waals surface area contributed by atoms with Crippen LogP contribution in [-0.4, -0.2) is 31.1 Å². The minimum atomic E-state index is -1.00. The van der Waals surface area contributed by atoms with E-state index in [9.17, 15) is 9.59 Å². The van der Waals surface area contributed by atoms with Crippen molar-refractivity contribution in [3.05, 3.63) is 35.9 Å². The fourth-order valence-corrected chi connectivity index (χ4v) is 1.81. The Morgan fingerprint density at radius 3 is 2.28 bits per heavy atom. The third-order valence-electron chi connectivity index (χ3n) is 2.72. The van der Waals surface area contributed by atoms with Crippen LogP contribution in [0.3, 0.4) is 0 Å². The lowest BCUT2D eigenvalue weighted by Gasteiger charge is -2.10. The summed E-state index contributed by atoms with van der Waals surface area (Å²) in [7, 11) is 1.25. The Hall–Kier alpha value is -1.72. The maximum Gasteiger partial charge on any atom is 0.338 e. The number of esters is 1. The first kappa shape index (κ1) is 12.7. The molecule has 5 heteroatoms. The van der Waals surface area contributed by atoms with Crippen LogP contribution in [0.25, 0.3) is 0 Å². The van der Waals surface area contributed by atoms with Gasteiger partial charge in [-0.05, 0) is 6.92 Å². The van der Waals surface area contributed by atoms with Crippen LogP contribution in [0.2, 0.25) is 0 Å². The van der Waals surface area contributed by atoms with Crippen LogP contribution >= 0.6 is 0 Å². The molecule has 2 rings (SSSR count). The van der Waals surface area contributed by atoms with Crippen LogP contribution in [-0.2, 0) is 23.8 Å². The zero-order chi connectivity index (χ0) is 13.1. The summed E-state index contributed by atoms with van der Waals surface area (Å²) in [6.07, 6.45) is -2.63. The second kappa shape index (κ2) is 5.29. The quantitative estimate of drug-likeness (QED) is 0.755. The smallest absolute Gasteiger partial charge is 0.338 e. The highest BCUT2D eigenvalue weighted by molar-refractivity contribution is 5.89. The Morgan fingerprint density at radius 2 is 1.72 bits per heavy atom. The lowest BCUT2D eigenvalue weighted by atomic mass is 10.1. The molecule has 1 aliphatic rings. The predicted octanol–water partition coefficient (Wildman–Crippen LogP) is 1.23. The number of Topliss-reactive ketones (excluding diaryl/α,β-unsaturated/α-hetero) is 1. The summed E-state index contributed by atoms with van der Waals surface area (Å²) in [6, 6.07) is 9.13. The zero-order valence-electron chi connectivity index (χ0n) is 10.2. The Labute approximate surface area is 105 Å². The van der Waals surface area contributed by atoms with Gasteiger partial charge in [0.1, 0.15) is 0 Å². The number of ether oxygens (including phenoxy) is 3. The molecule has 0 aliphatic carbocycles. The molecule has 0 bridgehead atoms. The molecular formula is C13H14O5. The third-order valence-corrected chi connectivity index (χ3v) is 2.72. The van der Waals surface area contributed by atoms with Gasteiger partial charge in [0.2, 0.25) is 0 Å². The van der Waals surface area contributed by atoms with Gasteiger partial charge in [0, 0.05) is 5.56 Å². The van der Waals surface area contributed by atoms with Crippen molar-refractivity contribution in [3.63, 3.8) is 0 Å². The van der Waals surface area contributed by atoms with E-state index in [0.29, 0.717) is 0 Å². The molecule has 1 aromatic carbocycles. The van der Waals surface area contributed by atoms with E-state index < -0.39 is 24.5 Å². The van der Waals surface area contributed by atoms with Gasteiger partial charge in [-0.1, -0.05) is 30.3 Å². The lowest BCUT2D eigenvalue weighted by molar-refractivity contribution is -0.155. The largest absolute Gasteiger partial charge is 0.467 e. The van der Waals surface area contributed by atoms with Gasteiger partial charge in [-0.25, -0.2) is 4.79 Å². The van der Waals surface area contributed by atoms with Gasteiger partial charge in [-0.2, -0.15) is 0 Å². The monoisotopic (exact) mass is 250 g/mol. The summed E-state index contributed by atoms with van der Waals surface area (Å²) in [5.74, 6) is -0.863. The van der Waals surface area contributed by atoms with E-state index in [0.717, 1.165) is 5.56 Å². The van der Waals surface area contributed by atoms with Gasteiger partial charge in [-0.15, -0.1) is 0 Å². The van der Waals surface area contributed by atoms with E-state index in [-0.39, 0.29) is 5.78 Å². The molecule has 0 saturated carbocycles. The lowest BCUT2D eigenvalue weighted by Crippen LogP contribution is -2.36. The predicted molar refractivity (Wildman–Crippen MR) is 61.6 cm³/mol. The Bertz CT molecular complexity index is 442. The third kappa shape index (κ3) is 2.42. The van der Waals surface area contributed by atoms with E-state index >= 15 is 0 Å². The molecule has 1 saturated heterocycles. The van der Waals surface area contributed by atoms with Crippen LogP contribution < -0.4 is 0 Å². The summed E-state index contributed by atoms with van der Waals surface area (Å²) >= 11 is 0. The van der Waals surface area contributed by atoms with Crippen LogP contribution in [0.5, 0.6) is 0 Å². The average molecular weight is 250 g/mol. The molecule has 0 spiro atoms. The van der Waals surface area contributed by atoms with Crippen molar-refractivity contribution < 1.29 is 23.8 Å². The summed E-state index contributed by atoms with van der Waals surface area (Å²) in [4.78, 5) is 23.0.